The summed E-state index contributed by atoms with van der Waals surface area (Å²) in [6.07, 6.45) is 0. The first-order valence-electron chi connectivity index (χ1n) is 20.1. The van der Waals surface area contributed by atoms with Crippen LogP contribution in [-0.2, 0) is 0 Å². The summed E-state index contributed by atoms with van der Waals surface area (Å²) in [6.45, 7) is 0. The first-order valence-corrected chi connectivity index (χ1v) is 21.7. The molecular weight excluding hydrogens is 751 g/mol. The molecule has 0 N–H and O–H groups in total. The second-order valence-corrected chi connectivity index (χ2v) is 17.4. The van der Waals surface area contributed by atoms with E-state index in [4.69, 9.17) is 0 Å². The fourth-order valence-corrected chi connectivity index (χ4v) is 11.5. The molecule has 0 aliphatic heterocycles. The monoisotopic (exact) mass is 785 g/mol. The van der Waals surface area contributed by atoms with Crippen LogP contribution in [-0.4, -0.2) is 0 Å². The summed E-state index contributed by atoms with van der Waals surface area (Å²) < 4.78 is 5.20. The third-order valence-electron chi connectivity index (χ3n) is 11.8. The predicted octanol–water partition coefficient (Wildman–Crippen LogP) is 17.2. The number of nitrogens with zero attached hydrogens (tertiary/aromatic N) is 1. The Labute approximate surface area is 350 Å². The fraction of sp³-hybridized carbons (Fsp3) is 0. The minimum absolute atomic E-state index is 1.11. The molecule has 0 aliphatic carbocycles. The largest absolute Gasteiger partial charge is 0.310 e. The van der Waals surface area contributed by atoms with E-state index >= 15 is 0 Å². The van der Waals surface area contributed by atoms with Gasteiger partial charge >= 0.3 is 0 Å². The Morgan fingerprint density at radius 1 is 0.305 bits per heavy atom. The highest BCUT2D eigenvalue weighted by Crippen LogP contribution is 2.48. The fourth-order valence-electron chi connectivity index (χ4n) is 9.12. The van der Waals surface area contributed by atoms with E-state index in [2.05, 4.69) is 217 Å². The van der Waals surface area contributed by atoms with Crippen LogP contribution in [0.5, 0.6) is 0 Å². The van der Waals surface area contributed by atoms with E-state index < -0.39 is 0 Å². The van der Waals surface area contributed by atoms with Crippen LogP contribution in [0.3, 0.4) is 0 Å². The topological polar surface area (TPSA) is 3.24 Å². The van der Waals surface area contributed by atoms with Crippen molar-refractivity contribution in [2.24, 2.45) is 0 Å². The molecule has 0 spiro atoms. The maximum Gasteiger partial charge on any atom is 0.0554 e. The molecule has 12 aromatic rings. The van der Waals surface area contributed by atoms with Gasteiger partial charge in [-0.15, -0.1) is 22.7 Å². The zero-order valence-electron chi connectivity index (χ0n) is 32.0. The maximum atomic E-state index is 2.49. The minimum Gasteiger partial charge on any atom is -0.310 e. The third-order valence-corrected chi connectivity index (χ3v) is 14.2. The van der Waals surface area contributed by atoms with Crippen molar-refractivity contribution in [3.63, 3.8) is 0 Å². The van der Waals surface area contributed by atoms with E-state index in [1.54, 1.807) is 0 Å². The lowest BCUT2D eigenvalue weighted by Gasteiger charge is -2.28. The first kappa shape index (κ1) is 34.0. The van der Waals surface area contributed by atoms with E-state index in [1.807, 2.05) is 22.7 Å². The molecular formula is C56H35NS2. The van der Waals surface area contributed by atoms with E-state index in [0.29, 0.717) is 0 Å². The van der Waals surface area contributed by atoms with E-state index in [1.165, 1.54) is 101 Å². The molecule has 12 rings (SSSR count). The lowest BCUT2D eigenvalue weighted by Crippen LogP contribution is -2.11. The lowest BCUT2D eigenvalue weighted by atomic mass is 9.93. The van der Waals surface area contributed by atoms with Crippen molar-refractivity contribution in [3.05, 3.63) is 212 Å². The summed E-state index contributed by atoms with van der Waals surface area (Å²) in [5.41, 5.74) is 10.7. The summed E-state index contributed by atoms with van der Waals surface area (Å²) in [4.78, 5) is 2.49. The third kappa shape index (κ3) is 5.66. The molecule has 10 aromatic carbocycles. The zero-order valence-corrected chi connectivity index (χ0v) is 33.6. The Bertz CT molecular complexity index is 3560. The first-order chi connectivity index (χ1) is 29.2. The molecule has 0 aliphatic rings. The van der Waals surface area contributed by atoms with Crippen molar-refractivity contribution in [1.29, 1.82) is 0 Å². The number of benzene rings is 10. The van der Waals surface area contributed by atoms with Crippen molar-refractivity contribution in [2.45, 2.75) is 0 Å². The molecule has 0 radical (unpaired) electrons. The van der Waals surface area contributed by atoms with Crippen LogP contribution < -0.4 is 4.90 Å². The van der Waals surface area contributed by atoms with Gasteiger partial charge in [0.25, 0.3) is 0 Å². The highest BCUT2D eigenvalue weighted by Gasteiger charge is 2.21. The van der Waals surface area contributed by atoms with Gasteiger partial charge in [-0.05, 0) is 116 Å². The van der Waals surface area contributed by atoms with Crippen LogP contribution in [0.25, 0.3) is 95.3 Å². The average Bonchev–Trinajstić information content (AvgIpc) is 3.89. The molecule has 276 valence electrons. The molecule has 0 fully saturated rings. The number of rotatable bonds is 6. The van der Waals surface area contributed by atoms with Crippen LogP contribution in [0.4, 0.5) is 17.1 Å². The summed E-state index contributed by atoms with van der Waals surface area (Å²) in [5.74, 6) is 0. The average molecular weight is 786 g/mol. The van der Waals surface area contributed by atoms with Crippen LogP contribution in [0.1, 0.15) is 0 Å². The molecule has 1 nitrogen and oxygen atoms in total. The summed E-state index contributed by atoms with van der Waals surface area (Å²) in [5, 5.41) is 10.2. The van der Waals surface area contributed by atoms with Gasteiger partial charge < -0.3 is 4.90 Å². The molecule has 0 bridgehead atoms. The lowest BCUT2D eigenvalue weighted by molar-refractivity contribution is 1.30. The Morgan fingerprint density at radius 3 is 1.76 bits per heavy atom. The highest BCUT2D eigenvalue weighted by atomic mass is 32.1. The van der Waals surface area contributed by atoms with Crippen molar-refractivity contribution in [2.75, 3.05) is 4.90 Å². The minimum atomic E-state index is 1.11. The van der Waals surface area contributed by atoms with Gasteiger partial charge in [-0.3, -0.25) is 0 Å². The van der Waals surface area contributed by atoms with Gasteiger partial charge in [0, 0.05) is 51.7 Å². The zero-order chi connectivity index (χ0) is 38.9. The van der Waals surface area contributed by atoms with Crippen molar-refractivity contribution in [3.8, 4) is 33.4 Å². The molecule has 0 saturated carbocycles. The summed E-state index contributed by atoms with van der Waals surface area (Å²) in [6, 6.07) is 78.3. The Kier molecular flexibility index (Phi) is 7.97. The second kappa shape index (κ2) is 13.8. The van der Waals surface area contributed by atoms with Crippen LogP contribution in [0.2, 0.25) is 0 Å². The van der Waals surface area contributed by atoms with E-state index in [0.717, 1.165) is 11.4 Å². The second-order valence-electron chi connectivity index (χ2n) is 15.2. The Balaban J connectivity index is 1.11. The van der Waals surface area contributed by atoms with Gasteiger partial charge in [0.2, 0.25) is 0 Å². The molecule has 2 heterocycles. The van der Waals surface area contributed by atoms with Gasteiger partial charge in [-0.2, -0.15) is 0 Å². The van der Waals surface area contributed by atoms with Gasteiger partial charge in [-0.25, -0.2) is 0 Å². The van der Waals surface area contributed by atoms with E-state index in [9.17, 15) is 0 Å². The van der Waals surface area contributed by atoms with Gasteiger partial charge in [-0.1, -0.05) is 152 Å². The van der Waals surface area contributed by atoms with E-state index in [-0.39, 0.29) is 0 Å². The number of hydrogen-bond donors (Lipinski definition) is 0. The Hall–Kier alpha value is -7.04. The van der Waals surface area contributed by atoms with Crippen LogP contribution in [0, 0.1) is 0 Å². The van der Waals surface area contributed by atoms with Crippen molar-refractivity contribution >= 4 is 102 Å². The molecule has 0 atom stereocenters. The van der Waals surface area contributed by atoms with Gasteiger partial charge in [0.05, 0.1) is 5.69 Å². The maximum absolute atomic E-state index is 2.49. The quantitative estimate of drug-likeness (QED) is 0.152. The number of thiophene rings is 2. The smallest absolute Gasteiger partial charge is 0.0554 e. The van der Waals surface area contributed by atoms with Crippen LogP contribution in [0.15, 0.2) is 212 Å². The molecule has 0 unspecified atom stereocenters. The number of fused-ring (bicyclic) bond motifs is 9. The molecule has 59 heavy (non-hydrogen) atoms. The molecule has 0 amide bonds. The highest BCUT2D eigenvalue weighted by molar-refractivity contribution is 7.26. The van der Waals surface area contributed by atoms with Gasteiger partial charge in [0.1, 0.15) is 0 Å². The predicted molar refractivity (Wildman–Crippen MR) is 258 cm³/mol. The van der Waals surface area contributed by atoms with Crippen molar-refractivity contribution in [1.82, 2.24) is 0 Å². The summed E-state index contributed by atoms with van der Waals surface area (Å²) in [7, 11) is 0. The standard InChI is InChI=1S/C56H35NS2/c1-2-14-36(15-3-1)39-32-40(44-22-12-23-48-47-20-8-10-25-52(47)59-56(44)48)34-42(33-39)57(51-24-13-27-54-55(51)49-21-9-11-26-53(49)58-54)41-30-28-37(29-31-41)50-35-38-16-4-5-17-43(38)45-18-6-7-19-46(45)50/h1-35H. The molecule has 0 saturated heterocycles. The van der Waals surface area contributed by atoms with Crippen LogP contribution >= 0.6 is 22.7 Å². The normalized spacial score (nSPS) is 11.7. The summed E-state index contributed by atoms with van der Waals surface area (Å²) >= 11 is 3.75. The molecule has 2 aromatic heterocycles. The molecule has 3 heteroatoms. The Morgan fingerprint density at radius 2 is 0.932 bits per heavy atom. The van der Waals surface area contributed by atoms with Gasteiger partial charge in [0.15, 0.2) is 0 Å². The number of anilines is 3. The van der Waals surface area contributed by atoms with Crippen molar-refractivity contribution < 1.29 is 0 Å². The number of hydrogen-bond acceptors (Lipinski definition) is 3. The SMILES string of the molecule is c1ccc(-c2cc(-c3cccc4c3sc3ccccc34)cc(N(c3ccc(-c4cc5ccccc5c5ccccc45)cc3)c3cccc4sc5ccccc5c34)c2)cc1.